The monoisotopic (exact) mass is 404 g/mol. The Morgan fingerprint density at radius 2 is 2.11 bits per heavy atom. The smallest absolute Gasteiger partial charge is 0.317 e. The van der Waals surface area contributed by atoms with Crippen LogP contribution in [0.25, 0.3) is 11.0 Å². The Balaban J connectivity index is 0.000000878. The lowest BCUT2D eigenvalue weighted by Crippen LogP contribution is -2.37. The first kappa shape index (κ1) is 21.2. The number of nitrogen functional groups attached to an aromatic ring is 1. The maximum Gasteiger partial charge on any atom is 0.317 e. The maximum absolute atomic E-state index is 12.2. The van der Waals surface area contributed by atoms with Crippen molar-refractivity contribution >= 4 is 40.0 Å². The summed E-state index contributed by atoms with van der Waals surface area (Å²) < 4.78 is 2.02. The zero-order valence-electron chi connectivity index (χ0n) is 15.8. The highest BCUT2D eigenvalue weighted by atomic mass is 32.1. The zero-order valence-corrected chi connectivity index (χ0v) is 16.6. The Kier molecular flexibility index (Phi) is 7.76. The average molecular weight is 404 g/mol. The van der Waals surface area contributed by atoms with E-state index in [0.717, 1.165) is 35.4 Å². The lowest BCUT2D eigenvalue weighted by Gasteiger charge is -2.17. The summed E-state index contributed by atoms with van der Waals surface area (Å²) in [6, 6.07) is 7.84. The first-order chi connectivity index (χ1) is 13.5. The topological polar surface area (TPSA) is 126 Å². The number of nitrogens with one attached hydrogen (secondary N) is 1. The van der Waals surface area contributed by atoms with Crippen molar-refractivity contribution in [2.75, 3.05) is 19.3 Å². The fourth-order valence-corrected chi connectivity index (χ4v) is 3.26. The lowest BCUT2D eigenvalue weighted by atomic mass is 10.2. The molecule has 1 aromatic carbocycles. The van der Waals surface area contributed by atoms with Crippen LogP contribution in [-0.2, 0) is 24.8 Å². The molecule has 150 valence electrons. The highest BCUT2D eigenvalue weighted by molar-refractivity contribution is 7.13. The molecule has 0 saturated carbocycles. The Morgan fingerprint density at radius 1 is 1.39 bits per heavy atom. The van der Waals surface area contributed by atoms with E-state index in [4.69, 9.17) is 15.6 Å². The molecule has 4 N–H and O–H groups in total. The summed E-state index contributed by atoms with van der Waals surface area (Å²) in [6.45, 7) is 0.808. The van der Waals surface area contributed by atoms with Crippen LogP contribution in [0.1, 0.15) is 17.9 Å². The predicted molar refractivity (Wildman–Crippen MR) is 109 cm³/mol. The van der Waals surface area contributed by atoms with Crippen molar-refractivity contribution in [1.29, 1.82) is 0 Å². The summed E-state index contributed by atoms with van der Waals surface area (Å²) >= 11 is 1.44. The van der Waals surface area contributed by atoms with Gasteiger partial charge in [0.05, 0.1) is 23.3 Å². The van der Waals surface area contributed by atoms with E-state index in [0.29, 0.717) is 18.2 Å². The van der Waals surface area contributed by atoms with Gasteiger partial charge in [0.25, 0.3) is 6.47 Å². The van der Waals surface area contributed by atoms with Gasteiger partial charge in [0.1, 0.15) is 5.82 Å². The minimum atomic E-state index is -0.250. The summed E-state index contributed by atoms with van der Waals surface area (Å²) in [5.41, 5.74) is 8.59. The molecule has 0 aliphatic carbocycles. The van der Waals surface area contributed by atoms with Crippen LogP contribution in [0.3, 0.4) is 0 Å². The number of imidazole rings is 1. The second-order valence-corrected chi connectivity index (χ2v) is 6.94. The van der Waals surface area contributed by atoms with Gasteiger partial charge >= 0.3 is 6.03 Å². The summed E-state index contributed by atoms with van der Waals surface area (Å²) in [6.07, 6.45) is 1.64. The third-order valence-electron chi connectivity index (χ3n) is 4.06. The van der Waals surface area contributed by atoms with Crippen LogP contribution in [0.4, 0.5) is 9.93 Å². The van der Waals surface area contributed by atoms with Crippen molar-refractivity contribution in [3.05, 3.63) is 41.2 Å². The number of amides is 2. The number of hydrogen-bond donors (Lipinski definition) is 3. The largest absolute Gasteiger partial charge is 0.483 e. The van der Waals surface area contributed by atoms with Gasteiger partial charge in [-0.2, -0.15) is 0 Å². The fourth-order valence-electron chi connectivity index (χ4n) is 2.66. The third-order valence-corrected chi connectivity index (χ3v) is 4.78. The number of urea groups is 1. The van der Waals surface area contributed by atoms with E-state index in [1.165, 1.54) is 11.3 Å². The molecule has 0 unspecified atom stereocenters. The van der Waals surface area contributed by atoms with Crippen LogP contribution < -0.4 is 11.1 Å². The number of nitrogens with zero attached hydrogens (tertiary/aromatic N) is 4. The van der Waals surface area contributed by atoms with Gasteiger partial charge in [-0.1, -0.05) is 12.1 Å². The van der Waals surface area contributed by atoms with Gasteiger partial charge < -0.3 is 25.6 Å². The van der Waals surface area contributed by atoms with Crippen LogP contribution in [0.5, 0.6) is 0 Å². The van der Waals surface area contributed by atoms with Crippen LogP contribution in [-0.4, -0.2) is 50.6 Å². The Labute approximate surface area is 166 Å². The van der Waals surface area contributed by atoms with Gasteiger partial charge in [0, 0.05) is 26.0 Å². The minimum absolute atomic E-state index is 0.107. The molecule has 0 atom stereocenters. The second kappa shape index (κ2) is 10.3. The van der Waals surface area contributed by atoms with Crippen molar-refractivity contribution in [1.82, 2.24) is 24.8 Å². The van der Waals surface area contributed by atoms with E-state index in [1.54, 1.807) is 11.9 Å². The predicted octanol–water partition coefficient (Wildman–Crippen LogP) is 2.09. The van der Waals surface area contributed by atoms with Crippen LogP contribution in [0, 0.1) is 0 Å². The molecule has 28 heavy (non-hydrogen) atoms. The molecule has 0 aliphatic heterocycles. The second-order valence-electron chi connectivity index (χ2n) is 6.05. The molecule has 9 nitrogen and oxygen atoms in total. The molecule has 2 amide bonds. The molecular formula is C18H24N6O3S. The van der Waals surface area contributed by atoms with Gasteiger partial charge in [0.2, 0.25) is 0 Å². The highest BCUT2D eigenvalue weighted by Crippen LogP contribution is 2.15. The van der Waals surface area contributed by atoms with Crippen molar-refractivity contribution < 1.29 is 14.7 Å². The van der Waals surface area contributed by atoms with E-state index < -0.39 is 0 Å². The number of aromatic nitrogens is 3. The van der Waals surface area contributed by atoms with Gasteiger partial charge in [-0.05, 0) is 25.0 Å². The number of thiazole rings is 1. The lowest BCUT2D eigenvalue weighted by molar-refractivity contribution is -0.122. The van der Waals surface area contributed by atoms with Crippen LogP contribution >= 0.6 is 11.3 Å². The SMILES string of the molecule is CN(Cc1nc2ccccc2n1C)C(=O)NCCCc1csc(N)n1.O=CO. The van der Waals surface area contributed by atoms with Crippen molar-refractivity contribution in [3.8, 4) is 0 Å². The number of fused-ring (bicyclic) bond motifs is 1. The molecule has 0 spiro atoms. The number of rotatable bonds is 6. The number of para-hydroxylation sites is 2. The van der Waals surface area contributed by atoms with Gasteiger partial charge in [-0.15, -0.1) is 11.3 Å². The van der Waals surface area contributed by atoms with E-state index in [2.05, 4.69) is 15.3 Å². The van der Waals surface area contributed by atoms with E-state index in [1.807, 2.05) is 41.3 Å². The molecule has 0 saturated heterocycles. The van der Waals surface area contributed by atoms with Crippen LogP contribution in [0.15, 0.2) is 29.6 Å². The van der Waals surface area contributed by atoms with E-state index >= 15 is 0 Å². The van der Waals surface area contributed by atoms with Gasteiger partial charge in [0.15, 0.2) is 5.13 Å². The Hall–Kier alpha value is -3.14. The number of carboxylic acid groups (broad SMARTS) is 1. The zero-order chi connectivity index (χ0) is 20.5. The summed E-state index contributed by atoms with van der Waals surface area (Å²) in [4.78, 5) is 31.0. The molecule has 0 radical (unpaired) electrons. The standard InChI is InChI=1S/C17H22N6OS.CH2O2/c1-22(10-15-21-13-7-3-4-8-14(13)23(15)2)17(24)19-9-5-6-12-11-25-16(18)20-12;2-1-3/h3-4,7-8,11H,5-6,9-10H2,1-2H3,(H2,18,20)(H,19,24);1H,(H,2,3). The van der Waals surface area contributed by atoms with E-state index in [9.17, 15) is 4.79 Å². The summed E-state index contributed by atoms with van der Waals surface area (Å²) in [7, 11) is 3.74. The molecular weight excluding hydrogens is 380 g/mol. The molecule has 10 heteroatoms. The quantitative estimate of drug-likeness (QED) is 0.426. The van der Waals surface area contributed by atoms with E-state index in [-0.39, 0.29) is 12.5 Å². The Morgan fingerprint density at radius 3 is 2.75 bits per heavy atom. The van der Waals surface area contributed by atoms with Crippen molar-refractivity contribution in [2.24, 2.45) is 7.05 Å². The first-order valence-corrected chi connectivity index (χ1v) is 9.51. The maximum atomic E-state index is 12.2. The number of benzene rings is 1. The molecule has 0 fully saturated rings. The number of anilines is 1. The normalized spacial score (nSPS) is 10.2. The molecule has 0 aliphatic rings. The van der Waals surface area contributed by atoms with Gasteiger partial charge in [-0.3, -0.25) is 4.79 Å². The molecule has 2 aromatic heterocycles. The minimum Gasteiger partial charge on any atom is -0.483 e. The van der Waals surface area contributed by atoms with Crippen molar-refractivity contribution in [2.45, 2.75) is 19.4 Å². The molecule has 2 heterocycles. The summed E-state index contributed by atoms with van der Waals surface area (Å²) in [5.74, 6) is 0.858. The van der Waals surface area contributed by atoms with Gasteiger partial charge in [-0.25, -0.2) is 14.8 Å². The fraction of sp³-hybridized carbons (Fsp3) is 0.333. The highest BCUT2D eigenvalue weighted by Gasteiger charge is 2.13. The van der Waals surface area contributed by atoms with Crippen LogP contribution in [0.2, 0.25) is 0 Å². The third kappa shape index (κ3) is 5.68. The first-order valence-electron chi connectivity index (χ1n) is 8.63. The van der Waals surface area contributed by atoms with Crippen molar-refractivity contribution in [3.63, 3.8) is 0 Å². The Bertz CT molecular complexity index is 923. The average Bonchev–Trinajstić information content (AvgIpc) is 3.23. The summed E-state index contributed by atoms with van der Waals surface area (Å²) in [5, 5.41) is 12.4. The molecule has 0 bridgehead atoms. The molecule has 3 rings (SSSR count). The number of carbonyl (C=O) groups is 2. The number of hydrogen-bond acceptors (Lipinski definition) is 6. The number of nitrogens with two attached hydrogens (primary N) is 1. The molecule has 3 aromatic rings. The number of carbonyl (C=O) groups excluding carboxylic acids is 1. The number of aryl methyl sites for hydroxylation is 2.